The van der Waals surface area contributed by atoms with Crippen molar-refractivity contribution in [1.82, 2.24) is 14.5 Å². The van der Waals surface area contributed by atoms with Crippen LogP contribution in [0.2, 0.25) is 0 Å². The molecule has 14 nitrogen and oxygen atoms in total. The molecular weight excluding hydrogens is 702 g/mol. The van der Waals surface area contributed by atoms with Crippen LogP contribution in [0, 0.1) is 6.92 Å². The highest BCUT2D eigenvalue weighted by Gasteiger charge is 2.32. The largest absolute Gasteiger partial charge is 0.444 e. The number of aliphatic hydroxyl groups excluding tert-OH is 1. The van der Waals surface area contributed by atoms with Crippen LogP contribution in [-0.4, -0.2) is 76.9 Å². The average Bonchev–Trinajstić information content (AvgIpc) is 3.59. The lowest BCUT2D eigenvalue weighted by atomic mass is 10.1. The topological polar surface area (TPSA) is 152 Å². The maximum atomic E-state index is 14.5. The van der Waals surface area contributed by atoms with Gasteiger partial charge >= 0.3 is 12.2 Å². The summed E-state index contributed by atoms with van der Waals surface area (Å²) < 4.78 is 18.5. The molecule has 2 aliphatic heterocycles. The van der Waals surface area contributed by atoms with Crippen molar-refractivity contribution in [1.29, 1.82) is 0 Å². The van der Waals surface area contributed by atoms with Crippen LogP contribution in [0.3, 0.4) is 0 Å². The molecule has 0 saturated carbocycles. The van der Waals surface area contributed by atoms with Gasteiger partial charge < -0.3 is 29.5 Å². The first-order chi connectivity index (χ1) is 26.5. The van der Waals surface area contributed by atoms with E-state index in [4.69, 9.17) is 19.2 Å². The zero-order valence-electron chi connectivity index (χ0n) is 31.4. The summed E-state index contributed by atoms with van der Waals surface area (Å²) >= 11 is 0. The Labute approximate surface area is 318 Å². The third kappa shape index (κ3) is 8.10. The Hall–Kier alpha value is -5.99. The summed E-state index contributed by atoms with van der Waals surface area (Å²) in [5, 5.41) is 13.2. The highest BCUT2D eigenvalue weighted by molar-refractivity contribution is 5.97. The first-order valence-electron chi connectivity index (χ1n) is 18.4. The molecule has 5 aromatic rings. The number of anilines is 6. The number of pyridine rings is 1. The second-order valence-electron chi connectivity index (χ2n) is 14.4. The zero-order chi connectivity index (χ0) is 38.7. The molecule has 7 rings (SSSR count). The number of nitrogens with one attached hydrogen (secondary N) is 1. The third-order valence-corrected chi connectivity index (χ3v) is 9.39. The summed E-state index contributed by atoms with van der Waals surface area (Å²) in [6.07, 6.45) is 1.50. The summed E-state index contributed by atoms with van der Waals surface area (Å²) in [6, 6.07) is 22.7. The van der Waals surface area contributed by atoms with Crippen molar-refractivity contribution in [2.45, 2.75) is 52.9 Å². The first kappa shape index (κ1) is 37.3. The number of benzene rings is 3. The van der Waals surface area contributed by atoms with E-state index in [1.54, 1.807) is 26.6 Å². The van der Waals surface area contributed by atoms with Crippen LogP contribution in [0.4, 0.5) is 44.0 Å². The zero-order valence-corrected chi connectivity index (χ0v) is 31.4. The Balaban J connectivity index is 1.20. The van der Waals surface area contributed by atoms with Gasteiger partial charge in [0.1, 0.15) is 23.5 Å². The predicted molar refractivity (Wildman–Crippen MR) is 211 cm³/mol. The molecule has 0 spiro atoms. The van der Waals surface area contributed by atoms with Crippen LogP contribution in [0.5, 0.6) is 0 Å². The van der Waals surface area contributed by atoms with Crippen molar-refractivity contribution < 1.29 is 28.9 Å². The molecule has 0 bridgehead atoms. The van der Waals surface area contributed by atoms with Gasteiger partial charge in [0.25, 0.3) is 5.56 Å². The van der Waals surface area contributed by atoms with Gasteiger partial charge in [0.05, 0.1) is 43.4 Å². The Morgan fingerprint density at radius 2 is 1.71 bits per heavy atom. The fourth-order valence-corrected chi connectivity index (χ4v) is 6.89. The highest BCUT2D eigenvalue weighted by atomic mass is 16.6. The number of nitrogens with zero attached hydrogens (tertiary/aromatic N) is 6. The number of hydrogen-bond donors (Lipinski definition) is 2. The van der Waals surface area contributed by atoms with Crippen LogP contribution in [-0.2, 0) is 33.8 Å². The van der Waals surface area contributed by atoms with Gasteiger partial charge in [0.2, 0.25) is 5.95 Å². The van der Waals surface area contributed by atoms with Crippen molar-refractivity contribution in [3.05, 3.63) is 106 Å². The molecule has 2 aliphatic rings. The summed E-state index contributed by atoms with van der Waals surface area (Å²) in [7, 11) is 0. The Kier molecular flexibility index (Phi) is 10.7. The Bertz CT molecular complexity index is 2270. The summed E-state index contributed by atoms with van der Waals surface area (Å²) in [5.41, 5.74) is 5.41. The summed E-state index contributed by atoms with van der Waals surface area (Å²) in [6.45, 7) is 9.02. The van der Waals surface area contributed by atoms with E-state index in [9.17, 15) is 19.5 Å². The predicted octanol–water partition coefficient (Wildman–Crippen LogP) is 6.44. The number of para-hydroxylation sites is 1. The summed E-state index contributed by atoms with van der Waals surface area (Å²) in [5.74, 6) is 0.259. The lowest BCUT2D eigenvalue weighted by Crippen LogP contribution is -2.44. The van der Waals surface area contributed by atoms with Crippen molar-refractivity contribution in [3.8, 4) is 0 Å². The quantitative estimate of drug-likeness (QED) is 0.152. The lowest BCUT2D eigenvalue weighted by molar-refractivity contribution is 0.0584. The minimum atomic E-state index is -0.624. The van der Waals surface area contributed by atoms with E-state index >= 15 is 0 Å². The monoisotopic (exact) mass is 747 g/mol. The lowest BCUT2D eigenvalue weighted by Gasteiger charge is -2.38. The van der Waals surface area contributed by atoms with Crippen molar-refractivity contribution in [2.75, 3.05) is 59.5 Å². The van der Waals surface area contributed by atoms with Crippen LogP contribution in [0.1, 0.15) is 37.5 Å². The maximum absolute atomic E-state index is 14.5. The van der Waals surface area contributed by atoms with E-state index in [0.717, 1.165) is 22.4 Å². The van der Waals surface area contributed by atoms with Crippen molar-refractivity contribution in [3.63, 3.8) is 0 Å². The number of aliphatic hydroxyl groups is 1. The van der Waals surface area contributed by atoms with Crippen LogP contribution < -0.4 is 25.6 Å². The van der Waals surface area contributed by atoms with E-state index in [0.29, 0.717) is 53.3 Å². The molecule has 3 aromatic carbocycles. The van der Waals surface area contributed by atoms with Gasteiger partial charge in [-0.1, -0.05) is 48.5 Å². The SMILES string of the molecule is Cc1cccc2c1N(C(=O)OCc1ccccc1)CCN2c1cc2cnc(Nc3ccc4c(c3)N(C(=O)OC(C)(C)C)CC4)nc2n(CCOCCO)c1=O. The molecule has 0 atom stereocenters. The molecule has 55 heavy (non-hydrogen) atoms. The first-order valence-corrected chi connectivity index (χ1v) is 18.4. The molecule has 0 aliphatic carbocycles. The van der Waals surface area contributed by atoms with E-state index in [1.165, 1.54) is 0 Å². The molecule has 2 amide bonds. The van der Waals surface area contributed by atoms with Crippen molar-refractivity contribution >= 4 is 57.6 Å². The van der Waals surface area contributed by atoms with Gasteiger partial charge in [-0.05, 0) is 75.1 Å². The number of ether oxygens (including phenoxy) is 3. The Morgan fingerprint density at radius 3 is 2.49 bits per heavy atom. The number of hydrogen-bond acceptors (Lipinski definition) is 11. The van der Waals surface area contributed by atoms with Crippen LogP contribution in [0.15, 0.2) is 83.8 Å². The fraction of sp³-hybridized carbons (Fsp3) is 0.341. The minimum absolute atomic E-state index is 0.127. The van der Waals surface area contributed by atoms with Gasteiger partial charge in [0.15, 0.2) is 0 Å². The Morgan fingerprint density at radius 1 is 0.891 bits per heavy atom. The van der Waals surface area contributed by atoms with E-state index in [-0.39, 0.29) is 51.0 Å². The molecule has 0 unspecified atom stereocenters. The molecule has 4 heterocycles. The molecule has 0 fully saturated rings. The number of aromatic nitrogens is 3. The standard InChI is InChI=1S/C41H45N7O7/c1-27-9-8-12-32-35(27)47(39(51)54-26-28-10-6-5-7-11-28)18-17-45(32)34-23-30-25-42-38(44-36(30)48(37(34)50)19-21-53-22-20-49)43-31-14-13-29-15-16-46(33(29)24-31)40(52)55-41(2,3)4/h5-14,23-25,49H,15-22,26H2,1-4H3,(H,42,43,44). The van der Waals surface area contributed by atoms with E-state index in [1.807, 2.05) is 99.3 Å². The normalized spacial score (nSPS) is 13.8. The van der Waals surface area contributed by atoms with Gasteiger partial charge in [-0.3, -0.25) is 19.2 Å². The van der Waals surface area contributed by atoms with Gasteiger partial charge in [-0.25, -0.2) is 14.6 Å². The molecule has 0 radical (unpaired) electrons. The molecule has 2 N–H and O–H groups in total. The minimum Gasteiger partial charge on any atom is -0.444 e. The maximum Gasteiger partial charge on any atom is 0.414 e. The molecule has 286 valence electrons. The second-order valence-corrected chi connectivity index (χ2v) is 14.4. The average molecular weight is 748 g/mol. The van der Waals surface area contributed by atoms with Gasteiger partial charge in [-0.2, -0.15) is 4.98 Å². The third-order valence-electron chi connectivity index (χ3n) is 9.39. The highest BCUT2D eigenvalue weighted by Crippen LogP contribution is 2.40. The number of fused-ring (bicyclic) bond motifs is 3. The molecule has 2 aromatic heterocycles. The summed E-state index contributed by atoms with van der Waals surface area (Å²) in [4.78, 5) is 55.5. The number of amides is 2. The van der Waals surface area contributed by atoms with Crippen LogP contribution >= 0.6 is 0 Å². The number of aryl methyl sites for hydroxylation is 1. The van der Waals surface area contributed by atoms with Crippen molar-refractivity contribution in [2.24, 2.45) is 0 Å². The van der Waals surface area contributed by atoms with Gasteiger partial charge in [0, 0.05) is 36.9 Å². The molecule has 14 heteroatoms. The number of rotatable bonds is 10. The fourth-order valence-electron chi connectivity index (χ4n) is 6.89. The van der Waals surface area contributed by atoms with E-state index < -0.39 is 17.8 Å². The van der Waals surface area contributed by atoms with E-state index in [2.05, 4.69) is 10.3 Å². The number of carbonyl (C=O) groups excluding carboxylic acids is 2. The molecule has 0 saturated heterocycles. The smallest absolute Gasteiger partial charge is 0.414 e. The van der Waals surface area contributed by atoms with Gasteiger partial charge in [-0.15, -0.1) is 0 Å². The number of carbonyl (C=O) groups is 2. The second kappa shape index (κ2) is 15.8. The van der Waals surface area contributed by atoms with Crippen LogP contribution in [0.25, 0.3) is 11.0 Å². The molecular formula is C41H45N7O7.